The smallest absolute Gasteiger partial charge is 0.348 e. The Kier molecular flexibility index (Phi) is 5.87. The van der Waals surface area contributed by atoms with Gasteiger partial charge in [0, 0.05) is 17.4 Å². The molecule has 1 atom stereocenters. The van der Waals surface area contributed by atoms with Crippen LogP contribution in [0.4, 0.5) is 20.2 Å². The number of halogens is 2. The van der Waals surface area contributed by atoms with Crippen LogP contribution in [0, 0.1) is 11.6 Å². The fraction of sp³-hybridized carbons (Fsp3) is 0.150. The van der Waals surface area contributed by atoms with Crippen LogP contribution >= 0.6 is 0 Å². The molecule has 0 aliphatic carbocycles. The van der Waals surface area contributed by atoms with Crippen LogP contribution in [0.2, 0.25) is 0 Å². The van der Waals surface area contributed by atoms with Gasteiger partial charge < -0.3 is 20.1 Å². The summed E-state index contributed by atoms with van der Waals surface area (Å²) in [6, 6.07) is 11.5. The Balaban J connectivity index is 1.68. The van der Waals surface area contributed by atoms with Crippen molar-refractivity contribution in [1.82, 2.24) is 0 Å². The second kappa shape index (κ2) is 8.51. The highest BCUT2D eigenvalue weighted by Gasteiger charge is 2.34. The molecule has 1 aliphatic heterocycles. The topological polar surface area (TPSA) is 93.7 Å². The molecule has 0 saturated carbocycles. The average molecular weight is 402 g/mol. The second-order valence-corrected chi connectivity index (χ2v) is 6.07. The first-order chi connectivity index (χ1) is 13.8. The number of anilines is 2. The van der Waals surface area contributed by atoms with Crippen LogP contribution in [0.5, 0.6) is 0 Å². The number of para-hydroxylation sites is 1. The molecule has 29 heavy (non-hydrogen) atoms. The minimum atomic E-state index is -1.31. The van der Waals surface area contributed by atoms with Gasteiger partial charge in [-0.2, -0.15) is 0 Å². The first-order valence-electron chi connectivity index (χ1n) is 8.54. The molecule has 1 amide bonds. The van der Waals surface area contributed by atoms with E-state index in [-0.39, 0.29) is 23.8 Å². The quantitative estimate of drug-likeness (QED) is 0.570. The molecule has 2 aromatic carbocycles. The van der Waals surface area contributed by atoms with Crippen molar-refractivity contribution in [2.45, 2.75) is 13.0 Å². The predicted octanol–water partition coefficient (Wildman–Crippen LogP) is 2.76. The van der Waals surface area contributed by atoms with Gasteiger partial charge in [-0.3, -0.25) is 9.59 Å². The van der Waals surface area contributed by atoms with Crippen molar-refractivity contribution in [3.63, 3.8) is 0 Å². The first kappa shape index (κ1) is 20.0. The van der Waals surface area contributed by atoms with Crippen LogP contribution in [0.25, 0.3) is 0 Å². The van der Waals surface area contributed by atoms with Crippen LogP contribution in [0.3, 0.4) is 0 Å². The number of carbonyl (C=O) groups excluding carboxylic acids is 3. The Labute approximate surface area is 164 Å². The van der Waals surface area contributed by atoms with E-state index < -0.39 is 35.4 Å². The number of ether oxygens (including phenoxy) is 2. The Bertz CT molecular complexity index is 992. The molecule has 0 spiro atoms. The standard InChI is InChI=1S/C20H16F2N2O5/c1-11(18(26)23-13-7-8-14(21)15(22)9-13)29-20(27)17-16(25)10-28-19(17)24-12-5-3-2-4-6-12/h2-9,11,24H,10H2,1H3,(H,23,26)/t11-/m0/s1. The highest BCUT2D eigenvalue weighted by Crippen LogP contribution is 2.21. The maximum Gasteiger partial charge on any atom is 0.348 e. The lowest BCUT2D eigenvalue weighted by molar-refractivity contribution is -0.150. The normalized spacial score (nSPS) is 14.2. The highest BCUT2D eigenvalue weighted by atomic mass is 19.2. The lowest BCUT2D eigenvalue weighted by Gasteiger charge is -2.14. The second-order valence-electron chi connectivity index (χ2n) is 6.07. The van der Waals surface area contributed by atoms with Crippen LogP contribution < -0.4 is 10.6 Å². The van der Waals surface area contributed by atoms with E-state index in [0.29, 0.717) is 5.69 Å². The van der Waals surface area contributed by atoms with Gasteiger partial charge in [0.2, 0.25) is 11.7 Å². The van der Waals surface area contributed by atoms with Gasteiger partial charge in [0.15, 0.2) is 29.9 Å². The lowest BCUT2D eigenvalue weighted by atomic mass is 10.2. The van der Waals surface area contributed by atoms with Gasteiger partial charge in [-0.25, -0.2) is 13.6 Å². The maximum absolute atomic E-state index is 13.2. The lowest BCUT2D eigenvalue weighted by Crippen LogP contribution is -2.31. The number of hydrogen-bond acceptors (Lipinski definition) is 6. The van der Waals surface area contributed by atoms with Crippen molar-refractivity contribution in [2.75, 3.05) is 17.2 Å². The van der Waals surface area contributed by atoms with Crippen molar-refractivity contribution in [3.8, 4) is 0 Å². The van der Waals surface area contributed by atoms with Gasteiger partial charge in [-0.1, -0.05) is 18.2 Å². The van der Waals surface area contributed by atoms with E-state index in [1.165, 1.54) is 6.92 Å². The van der Waals surface area contributed by atoms with Crippen LogP contribution in [-0.2, 0) is 23.9 Å². The molecule has 0 bridgehead atoms. The van der Waals surface area contributed by atoms with Gasteiger partial charge in [-0.05, 0) is 31.2 Å². The van der Waals surface area contributed by atoms with Gasteiger partial charge in [0.25, 0.3) is 5.91 Å². The Morgan fingerprint density at radius 2 is 1.79 bits per heavy atom. The summed E-state index contributed by atoms with van der Waals surface area (Å²) < 4.78 is 36.4. The maximum atomic E-state index is 13.2. The Morgan fingerprint density at radius 1 is 1.07 bits per heavy atom. The number of amides is 1. The number of hydrogen-bond donors (Lipinski definition) is 2. The molecule has 1 heterocycles. The van der Waals surface area contributed by atoms with Crippen molar-refractivity contribution in [3.05, 3.63) is 71.6 Å². The zero-order valence-electron chi connectivity index (χ0n) is 15.2. The van der Waals surface area contributed by atoms with E-state index in [0.717, 1.165) is 18.2 Å². The molecule has 150 valence electrons. The van der Waals surface area contributed by atoms with E-state index in [4.69, 9.17) is 9.47 Å². The zero-order valence-corrected chi connectivity index (χ0v) is 15.2. The molecule has 0 radical (unpaired) electrons. The van der Waals surface area contributed by atoms with E-state index >= 15 is 0 Å². The molecule has 2 N–H and O–H groups in total. The number of nitrogens with one attached hydrogen (secondary N) is 2. The van der Waals surface area contributed by atoms with Crippen molar-refractivity contribution in [1.29, 1.82) is 0 Å². The van der Waals surface area contributed by atoms with Crippen LogP contribution in [-0.4, -0.2) is 30.4 Å². The minimum Gasteiger partial charge on any atom is -0.470 e. The highest BCUT2D eigenvalue weighted by molar-refractivity contribution is 6.20. The fourth-order valence-electron chi connectivity index (χ4n) is 2.46. The molecule has 0 aromatic heterocycles. The van der Waals surface area contributed by atoms with E-state index in [1.54, 1.807) is 30.3 Å². The summed E-state index contributed by atoms with van der Waals surface area (Å²) in [6.07, 6.45) is -1.31. The van der Waals surface area contributed by atoms with Gasteiger partial charge >= 0.3 is 5.97 Å². The van der Waals surface area contributed by atoms with E-state index in [1.807, 2.05) is 0 Å². The molecule has 7 nitrogen and oxygen atoms in total. The fourth-order valence-corrected chi connectivity index (χ4v) is 2.46. The largest absolute Gasteiger partial charge is 0.470 e. The summed E-state index contributed by atoms with van der Waals surface area (Å²) in [5, 5.41) is 5.11. The number of benzene rings is 2. The molecule has 3 rings (SSSR count). The van der Waals surface area contributed by atoms with Gasteiger partial charge in [-0.15, -0.1) is 0 Å². The molecule has 2 aromatic rings. The Morgan fingerprint density at radius 3 is 2.48 bits per heavy atom. The average Bonchev–Trinajstić information content (AvgIpc) is 3.05. The van der Waals surface area contributed by atoms with Crippen LogP contribution in [0.1, 0.15) is 6.92 Å². The molecule has 0 saturated heterocycles. The third-order valence-electron chi connectivity index (χ3n) is 3.93. The number of Topliss-reactive ketones (excluding diaryl/α,β-unsaturated/α-hetero) is 1. The molecular formula is C20H16F2N2O5. The minimum absolute atomic E-state index is 0.0114. The molecular weight excluding hydrogens is 386 g/mol. The zero-order chi connectivity index (χ0) is 21.0. The van der Waals surface area contributed by atoms with Crippen molar-refractivity contribution >= 4 is 29.0 Å². The summed E-state index contributed by atoms with van der Waals surface area (Å²) in [5.41, 5.74) is 0.232. The summed E-state index contributed by atoms with van der Waals surface area (Å²) in [6.45, 7) is 0.938. The van der Waals surface area contributed by atoms with Crippen molar-refractivity contribution in [2.24, 2.45) is 0 Å². The molecule has 1 aliphatic rings. The summed E-state index contributed by atoms with van der Waals surface area (Å²) in [4.78, 5) is 36.6. The molecule has 0 fully saturated rings. The number of ketones is 1. The van der Waals surface area contributed by atoms with E-state index in [2.05, 4.69) is 10.6 Å². The Hall–Kier alpha value is -3.75. The summed E-state index contributed by atoms with van der Waals surface area (Å²) in [5.74, 6) is -4.69. The molecule has 0 unspecified atom stereocenters. The number of carbonyl (C=O) groups is 3. The SMILES string of the molecule is C[C@H](OC(=O)C1=C(Nc2ccccc2)OCC1=O)C(=O)Nc1ccc(F)c(F)c1. The summed E-state index contributed by atoms with van der Waals surface area (Å²) >= 11 is 0. The van der Waals surface area contributed by atoms with Gasteiger partial charge in [0.05, 0.1) is 0 Å². The van der Waals surface area contributed by atoms with E-state index in [9.17, 15) is 23.2 Å². The first-order valence-corrected chi connectivity index (χ1v) is 8.54. The van der Waals surface area contributed by atoms with Crippen molar-refractivity contribution < 1.29 is 32.6 Å². The predicted molar refractivity (Wildman–Crippen MR) is 98.6 cm³/mol. The van der Waals surface area contributed by atoms with Gasteiger partial charge in [0.1, 0.15) is 0 Å². The van der Waals surface area contributed by atoms with Crippen LogP contribution in [0.15, 0.2) is 60.0 Å². The third-order valence-corrected chi connectivity index (χ3v) is 3.93. The number of esters is 1. The summed E-state index contributed by atoms with van der Waals surface area (Å²) in [7, 11) is 0. The number of rotatable bonds is 6. The third kappa shape index (κ3) is 4.75. The monoisotopic (exact) mass is 402 g/mol. The molecule has 9 heteroatoms.